The molecule has 0 aromatic heterocycles. The molecular weight excluding hydrogens is 612 g/mol. The number of hydrogen-bond donors (Lipinski definition) is 11. The third kappa shape index (κ3) is 6.56. The number of benzene rings is 3. The van der Waals surface area contributed by atoms with E-state index in [1.807, 2.05) is 0 Å². The number of aliphatic hydroxyl groups excluding tert-OH is 2. The van der Waals surface area contributed by atoms with Gasteiger partial charge in [-0.3, -0.25) is 0 Å². The van der Waals surface area contributed by atoms with Crippen LogP contribution in [-0.4, -0.2) is 111 Å². The summed E-state index contributed by atoms with van der Waals surface area (Å²) in [7, 11) is 0. The summed E-state index contributed by atoms with van der Waals surface area (Å²) >= 11 is 0. The molecule has 11 N–H and O–H groups in total. The number of phenols is 9. The summed E-state index contributed by atoms with van der Waals surface area (Å²) in [5.74, 6) is -12.3. The van der Waals surface area contributed by atoms with E-state index in [0.717, 1.165) is 12.1 Å². The molecule has 3 aromatic carbocycles. The Balaban J connectivity index is 1.59. The van der Waals surface area contributed by atoms with Gasteiger partial charge in [-0.25, -0.2) is 14.4 Å². The minimum Gasteiger partial charge on any atom is -0.504 e. The summed E-state index contributed by atoms with van der Waals surface area (Å²) in [6.07, 6.45) is -10.2. The molecule has 0 bridgehead atoms. The molecule has 240 valence electrons. The summed E-state index contributed by atoms with van der Waals surface area (Å²) in [6.45, 7) is -0.918. The Kier molecular flexibility index (Phi) is 8.84. The van der Waals surface area contributed by atoms with E-state index in [9.17, 15) is 70.6 Å². The molecule has 0 aliphatic carbocycles. The lowest BCUT2D eigenvalue weighted by Gasteiger charge is -2.41. The number of aliphatic hydroxyl groups is 2. The van der Waals surface area contributed by atoms with Crippen LogP contribution in [0.5, 0.6) is 51.7 Å². The number of hydrogen-bond acceptors (Lipinski definition) is 18. The van der Waals surface area contributed by atoms with E-state index in [0.29, 0.717) is 24.3 Å². The summed E-state index contributed by atoms with van der Waals surface area (Å²) in [4.78, 5) is 38.1. The van der Waals surface area contributed by atoms with Gasteiger partial charge in [0.05, 0.1) is 16.7 Å². The lowest BCUT2D eigenvalue weighted by Crippen LogP contribution is -2.61. The molecule has 1 saturated heterocycles. The van der Waals surface area contributed by atoms with E-state index in [-0.39, 0.29) is 0 Å². The van der Waals surface area contributed by atoms with E-state index < -0.39 is 124 Å². The largest absolute Gasteiger partial charge is 0.504 e. The van der Waals surface area contributed by atoms with Gasteiger partial charge < -0.3 is 75.1 Å². The first kappa shape index (κ1) is 32.1. The first-order valence-electron chi connectivity index (χ1n) is 12.4. The lowest BCUT2D eigenvalue weighted by atomic mass is 9.98. The van der Waals surface area contributed by atoms with Crippen LogP contribution >= 0.6 is 0 Å². The zero-order valence-corrected chi connectivity index (χ0v) is 22.3. The fourth-order valence-electron chi connectivity index (χ4n) is 4.05. The second-order valence-electron chi connectivity index (χ2n) is 9.49. The third-order valence-corrected chi connectivity index (χ3v) is 6.40. The van der Waals surface area contributed by atoms with Crippen LogP contribution in [0.3, 0.4) is 0 Å². The van der Waals surface area contributed by atoms with E-state index >= 15 is 0 Å². The SMILES string of the molecule is O=C(OC[C@H]1O[C@H](OC(=O)c2cc(O)c(O)c(O)c2)[C@@H](O)[C@@H](OC(=O)c2cc(O)c(O)c(O)c2)[C@@H]1O)c1cc(O)c(O)c(O)c1. The molecule has 1 aliphatic rings. The van der Waals surface area contributed by atoms with Crippen molar-refractivity contribution >= 4 is 17.9 Å². The highest BCUT2D eigenvalue weighted by Crippen LogP contribution is 2.38. The normalized spacial score (nSPS) is 21.1. The van der Waals surface area contributed by atoms with E-state index in [4.69, 9.17) is 18.9 Å². The van der Waals surface area contributed by atoms with Crippen LogP contribution in [0.4, 0.5) is 0 Å². The van der Waals surface area contributed by atoms with Crippen LogP contribution in [-0.2, 0) is 18.9 Å². The van der Waals surface area contributed by atoms with Crippen molar-refractivity contribution < 1.29 is 89.5 Å². The van der Waals surface area contributed by atoms with Crippen LogP contribution in [0.25, 0.3) is 0 Å². The predicted molar refractivity (Wildman–Crippen MR) is 140 cm³/mol. The van der Waals surface area contributed by atoms with Gasteiger partial charge in [-0.2, -0.15) is 0 Å². The van der Waals surface area contributed by atoms with Gasteiger partial charge in [-0.05, 0) is 36.4 Å². The molecule has 0 amide bonds. The molecule has 0 radical (unpaired) electrons. The average Bonchev–Trinajstić information content (AvgIpc) is 2.99. The standard InChI is InChI=1S/C27H24O18/c28-11-1-8(2-12(29)18(11)34)24(39)42-7-17-21(37)23(44-25(40)9-3-13(30)19(35)14(31)4-9)22(38)27(43-17)45-26(41)10-5-15(32)20(36)16(33)6-10/h1-6,17,21-23,27-38H,7H2/t17-,21-,22+,23+,27-/m1/s1. The van der Waals surface area contributed by atoms with Crippen molar-refractivity contribution in [2.75, 3.05) is 6.61 Å². The van der Waals surface area contributed by atoms with Crippen molar-refractivity contribution in [3.05, 3.63) is 53.1 Å². The maximum Gasteiger partial charge on any atom is 0.340 e. The molecule has 3 aromatic rings. The minimum absolute atomic E-state index is 0.474. The fourth-order valence-corrected chi connectivity index (χ4v) is 4.05. The Morgan fingerprint density at radius 2 is 0.911 bits per heavy atom. The smallest absolute Gasteiger partial charge is 0.340 e. The van der Waals surface area contributed by atoms with Crippen LogP contribution < -0.4 is 0 Å². The van der Waals surface area contributed by atoms with Crippen LogP contribution in [0.1, 0.15) is 31.1 Å². The van der Waals surface area contributed by atoms with Gasteiger partial charge >= 0.3 is 17.9 Å². The summed E-state index contributed by atoms with van der Waals surface area (Å²) in [6, 6.07) is 4.20. The van der Waals surface area contributed by atoms with E-state index in [1.54, 1.807) is 0 Å². The van der Waals surface area contributed by atoms with Gasteiger partial charge in [0.25, 0.3) is 0 Å². The van der Waals surface area contributed by atoms with Crippen LogP contribution in [0, 0.1) is 0 Å². The molecule has 0 spiro atoms. The predicted octanol–water partition coefficient (Wildman–Crippen LogP) is -0.277. The Morgan fingerprint density at radius 3 is 1.31 bits per heavy atom. The molecule has 1 fully saturated rings. The number of carbonyl (C=O) groups excluding carboxylic acids is 3. The van der Waals surface area contributed by atoms with Gasteiger partial charge in [-0.1, -0.05) is 0 Å². The molecule has 0 unspecified atom stereocenters. The molecule has 0 saturated carbocycles. The van der Waals surface area contributed by atoms with Gasteiger partial charge in [0.1, 0.15) is 18.8 Å². The molecule has 45 heavy (non-hydrogen) atoms. The number of aromatic hydroxyl groups is 9. The molecule has 1 heterocycles. The highest BCUT2D eigenvalue weighted by Gasteiger charge is 2.49. The first-order chi connectivity index (χ1) is 21.1. The van der Waals surface area contributed by atoms with Crippen molar-refractivity contribution in [2.24, 2.45) is 0 Å². The number of esters is 3. The monoisotopic (exact) mass is 636 g/mol. The number of phenolic OH excluding ortho intramolecular Hbond substituents is 9. The Labute approximate surface area is 249 Å². The van der Waals surface area contributed by atoms with Crippen LogP contribution in [0.2, 0.25) is 0 Å². The highest BCUT2D eigenvalue weighted by atomic mass is 16.7. The molecule has 18 heteroatoms. The zero-order valence-electron chi connectivity index (χ0n) is 22.3. The lowest BCUT2D eigenvalue weighted by molar-refractivity contribution is -0.284. The Bertz CT molecular complexity index is 1580. The second-order valence-corrected chi connectivity index (χ2v) is 9.49. The molecule has 5 atom stereocenters. The van der Waals surface area contributed by atoms with E-state index in [1.165, 1.54) is 0 Å². The van der Waals surface area contributed by atoms with Gasteiger partial charge in [0.2, 0.25) is 6.29 Å². The number of rotatable bonds is 7. The maximum absolute atomic E-state index is 12.8. The van der Waals surface area contributed by atoms with Crippen molar-refractivity contribution in [3.63, 3.8) is 0 Å². The Morgan fingerprint density at radius 1 is 0.556 bits per heavy atom. The third-order valence-electron chi connectivity index (χ3n) is 6.40. The topological polar surface area (TPSA) is 311 Å². The number of carbonyl (C=O) groups is 3. The second kappa shape index (κ2) is 12.4. The zero-order chi connectivity index (χ0) is 33.3. The van der Waals surface area contributed by atoms with E-state index in [2.05, 4.69) is 0 Å². The molecule has 4 rings (SSSR count). The van der Waals surface area contributed by atoms with Gasteiger partial charge in [-0.15, -0.1) is 0 Å². The maximum atomic E-state index is 12.8. The molecule has 18 nitrogen and oxygen atoms in total. The van der Waals surface area contributed by atoms with Gasteiger partial charge in [0, 0.05) is 0 Å². The fraction of sp³-hybridized carbons (Fsp3) is 0.222. The van der Waals surface area contributed by atoms with Crippen molar-refractivity contribution in [1.82, 2.24) is 0 Å². The van der Waals surface area contributed by atoms with Crippen molar-refractivity contribution in [1.29, 1.82) is 0 Å². The van der Waals surface area contributed by atoms with Crippen molar-refractivity contribution in [2.45, 2.75) is 30.7 Å². The van der Waals surface area contributed by atoms with Crippen molar-refractivity contribution in [3.8, 4) is 51.7 Å². The van der Waals surface area contributed by atoms with Crippen LogP contribution in [0.15, 0.2) is 36.4 Å². The summed E-state index contributed by atoms with van der Waals surface area (Å²) in [5, 5.41) is 108. The highest BCUT2D eigenvalue weighted by molar-refractivity contribution is 5.92. The molecule has 1 aliphatic heterocycles. The minimum atomic E-state index is -2.19. The first-order valence-corrected chi connectivity index (χ1v) is 12.4. The summed E-state index contributed by atoms with van der Waals surface area (Å²) < 4.78 is 20.6. The average molecular weight is 636 g/mol. The summed E-state index contributed by atoms with van der Waals surface area (Å²) in [5.41, 5.74) is -1.62. The quantitative estimate of drug-likeness (QED) is 0.0902. The number of ether oxygens (including phenoxy) is 4. The molecular formula is C27H24O18. The Hall–Kier alpha value is -5.85. The van der Waals surface area contributed by atoms with Gasteiger partial charge in [0.15, 0.2) is 64.0 Å².